The number of hydrogen-bond donors (Lipinski definition) is 0. The summed E-state index contributed by atoms with van der Waals surface area (Å²) in [6.45, 7) is 4.25. The molecule has 102 valence electrons. The van der Waals surface area contributed by atoms with Crippen LogP contribution < -0.4 is 4.74 Å². The van der Waals surface area contributed by atoms with E-state index in [4.69, 9.17) is 9.47 Å². The van der Waals surface area contributed by atoms with Gasteiger partial charge in [0.25, 0.3) is 0 Å². The van der Waals surface area contributed by atoms with Crippen LogP contribution in [-0.2, 0) is 16.0 Å². The molecule has 1 aliphatic heterocycles. The molecule has 1 aromatic carbocycles. The van der Waals surface area contributed by atoms with E-state index in [9.17, 15) is 4.79 Å². The van der Waals surface area contributed by atoms with Crippen LogP contribution in [0, 0.1) is 0 Å². The first-order valence-corrected chi connectivity index (χ1v) is 6.80. The number of allylic oxidation sites excluding steroid dienone is 1. The number of benzene rings is 1. The topological polar surface area (TPSA) is 35.5 Å². The number of rotatable bonds is 6. The normalized spacial score (nSPS) is 18.8. The third-order valence-electron chi connectivity index (χ3n) is 3.22. The van der Waals surface area contributed by atoms with Crippen molar-refractivity contribution in [3.63, 3.8) is 0 Å². The molecule has 0 aliphatic carbocycles. The average molecular weight is 260 g/mol. The fourth-order valence-corrected chi connectivity index (χ4v) is 2.06. The molecular weight excluding hydrogens is 240 g/mol. The molecule has 0 saturated carbocycles. The van der Waals surface area contributed by atoms with Crippen molar-refractivity contribution in [3.05, 3.63) is 42.5 Å². The number of carbonyl (C=O) groups is 1. The summed E-state index contributed by atoms with van der Waals surface area (Å²) in [6, 6.07) is 7.86. The number of hydrogen-bond acceptors (Lipinski definition) is 3. The largest absolute Gasteiger partial charge is 0.465 e. The van der Waals surface area contributed by atoms with Gasteiger partial charge in [0.2, 0.25) is 0 Å². The van der Waals surface area contributed by atoms with Gasteiger partial charge in [-0.25, -0.2) is 0 Å². The van der Waals surface area contributed by atoms with Crippen LogP contribution in [0.15, 0.2) is 36.9 Å². The number of aryl methyl sites for hydroxylation is 1. The van der Waals surface area contributed by atoms with Crippen LogP contribution >= 0.6 is 0 Å². The van der Waals surface area contributed by atoms with Gasteiger partial charge in [0.15, 0.2) is 12.1 Å². The van der Waals surface area contributed by atoms with Gasteiger partial charge < -0.3 is 9.47 Å². The standard InChI is InChI=1S/C16H20O3/c1-2-14(17)9-6-13-7-10-15(11-8-13)19-16-5-3-4-12-18-16/h2,7-8,10-11,16H,1,3-6,9,12H2. The van der Waals surface area contributed by atoms with Gasteiger partial charge in [-0.1, -0.05) is 18.7 Å². The molecule has 0 spiro atoms. The summed E-state index contributed by atoms with van der Waals surface area (Å²) in [5.74, 6) is 0.904. The molecule has 0 amide bonds. The van der Waals surface area contributed by atoms with Crippen LogP contribution in [0.1, 0.15) is 31.2 Å². The Morgan fingerprint density at radius 3 is 2.79 bits per heavy atom. The molecule has 1 fully saturated rings. The fourth-order valence-electron chi connectivity index (χ4n) is 2.06. The van der Waals surface area contributed by atoms with Gasteiger partial charge >= 0.3 is 0 Å². The second-order valence-corrected chi connectivity index (χ2v) is 4.73. The summed E-state index contributed by atoms with van der Waals surface area (Å²) < 4.78 is 11.3. The van der Waals surface area contributed by atoms with Gasteiger partial charge in [-0.2, -0.15) is 0 Å². The van der Waals surface area contributed by atoms with Crippen molar-refractivity contribution in [2.75, 3.05) is 6.61 Å². The Kier molecular flexibility index (Phi) is 5.16. The van der Waals surface area contributed by atoms with Crippen molar-refractivity contribution in [2.24, 2.45) is 0 Å². The smallest absolute Gasteiger partial charge is 0.199 e. The molecular formula is C16H20O3. The summed E-state index contributed by atoms with van der Waals surface area (Å²) >= 11 is 0. The Balaban J connectivity index is 1.83. The highest BCUT2D eigenvalue weighted by Gasteiger charge is 2.14. The minimum Gasteiger partial charge on any atom is -0.465 e. The van der Waals surface area contributed by atoms with Crippen LogP contribution in [-0.4, -0.2) is 18.7 Å². The molecule has 0 aromatic heterocycles. The lowest BCUT2D eigenvalue weighted by Gasteiger charge is -2.23. The molecule has 1 unspecified atom stereocenters. The molecule has 1 heterocycles. The van der Waals surface area contributed by atoms with E-state index in [0.717, 1.165) is 43.6 Å². The predicted molar refractivity (Wildman–Crippen MR) is 74.2 cm³/mol. The van der Waals surface area contributed by atoms with E-state index >= 15 is 0 Å². The maximum atomic E-state index is 11.2. The maximum absolute atomic E-state index is 11.2. The number of ether oxygens (including phenoxy) is 2. The minimum absolute atomic E-state index is 0.0796. The van der Waals surface area contributed by atoms with E-state index in [1.54, 1.807) is 0 Å². The predicted octanol–water partition coefficient (Wildman–Crippen LogP) is 3.28. The summed E-state index contributed by atoms with van der Waals surface area (Å²) in [5.41, 5.74) is 1.13. The van der Waals surface area contributed by atoms with Gasteiger partial charge in [0, 0.05) is 12.8 Å². The zero-order valence-electron chi connectivity index (χ0n) is 11.1. The summed E-state index contributed by atoms with van der Waals surface area (Å²) in [5, 5.41) is 0. The maximum Gasteiger partial charge on any atom is 0.199 e. The fraction of sp³-hybridized carbons (Fsp3) is 0.438. The summed E-state index contributed by atoms with van der Waals surface area (Å²) in [4.78, 5) is 11.2. The Bertz CT molecular complexity index is 416. The van der Waals surface area contributed by atoms with E-state index in [1.807, 2.05) is 24.3 Å². The first-order chi connectivity index (χ1) is 9.28. The molecule has 3 heteroatoms. The lowest BCUT2D eigenvalue weighted by Crippen LogP contribution is -2.24. The summed E-state index contributed by atoms with van der Waals surface area (Å²) in [7, 11) is 0. The molecule has 2 rings (SSSR count). The highest BCUT2D eigenvalue weighted by Crippen LogP contribution is 2.20. The number of ketones is 1. The third-order valence-corrected chi connectivity index (χ3v) is 3.22. The van der Waals surface area contributed by atoms with Gasteiger partial charge in [-0.05, 0) is 43.0 Å². The third kappa shape index (κ3) is 4.52. The van der Waals surface area contributed by atoms with E-state index in [2.05, 4.69) is 6.58 Å². The second-order valence-electron chi connectivity index (χ2n) is 4.73. The van der Waals surface area contributed by atoms with Crippen LogP contribution in [0.5, 0.6) is 5.75 Å². The first kappa shape index (κ1) is 13.8. The molecule has 19 heavy (non-hydrogen) atoms. The van der Waals surface area contributed by atoms with Crippen LogP contribution in [0.2, 0.25) is 0 Å². The van der Waals surface area contributed by atoms with Crippen molar-refractivity contribution in [3.8, 4) is 5.75 Å². The minimum atomic E-state index is -0.109. The molecule has 1 aromatic rings. The molecule has 0 N–H and O–H groups in total. The Hall–Kier alpha value is -1.61. The zero-order chi connectivity index (χ0) is 13.5. The van der Waals surface area contributed by atoms with Gasteiger partial charge in [-0.15, -0.1) is 0 Å². The van der Waals surface area contributed by atoms with Crippen LogP contribution in [0.25, 0.3) is 0 Å². The van der Waals surface area contributed by atoms with Gasteiger partial charge in [0.1, 0.15) is 5.75 Å². The molecule has 0 bridgehead atoms. The Morgan fingerprint density at radius 1 is 1.37 bits per heavy atom. The SMILES string of the molecule is C=CC(=O)CCc1ccc(OC2CCCCO2)cc1. The molecule has 1 aliphatic rings. The summed E-state index contributed by atoms with van der Waals surface area (Å²) in [6.07, 6.45) is 5.75. The Morgan fingerprint density at radius 2 is 2.16 bits per heavy atom. The van der Waals surface area contributed by atoms with Crippen molar-refractivity contribution in [1.82, 2.24) is 0 Å². The molecule has 0 radical (unpaired) electrons. The molecule has 1 saturated heterocycles. The van der Waals surface area contributed by atoms with Crippen molar-refractivity contribution in [2.45, 2.75) is 38.4 Å². The van der Waals surface area contributed by atoms with Gasteiger partial charge in [0.05, 0.1) is 6.61 Å². The van der Waals surface area contributed by atoms with Crippen molar-refractivity contribution < 1.29 is 14.3 Å². The van der Waals surface area contributed by atoms with Gasteiger partial charge in [-0.3, -0.25) is 4.79 Å². The average Bonchev–Trinajstić information content (AvgIpc) is 2.47. The van der Waals surface area contributed by atoms with Crippen LogP contribution in [0.4, 0.5) is 0 Å². The zero-order valence-corrected chi connectivity index (χ0v) is 11.1. The quantitative estimate of drug-likeness (QED) is 0.736. The van der Waals surface area contributed by atoms with E-state index in [-0.39, 0.29) is 12.1 Å². The lowest BCUT2D eigenvalue weighted by molar-refractivity contribution is -0.114. The first-order valence-electron chi connectivity index (χ1n) is 6.80. The second kappa shape index (κ2) is 7.10. The molecule has 3 nitrogen and oxygen atoms in total. The van der Waals surface area contributed by atoms with E-state index in [1.165, 1.54) is 6.08 Å². The Labute approximate surface area is 114 Å². The van der Waals surface area contributed by atoms with E-state index in [0.29, 0.717) is 6.42 Å². The molecule has 1 atom stereocenters. The monoisotopic (exact) mass is 260 g/mol. The lowest BCUT2D eigenvalue weighted by atomic mass is 10.1. The number of carbonyl (C=O) groups excluding carboxylic acids is 1. The van der Waals surface area contributed by atoms with E-state index < -0.39 is 0 Å². The highest BCUT2D eigenvalue weighted by molar-refractivity contribution is 5.89. The van der Waals surface area contributed by atoms with Crippen LogP contribution in [0.3, 0.4) is 0 Å². The highest BCUT2D eigenvalue weighted by atomic mass is 16.7. The van der Waals surface area contributed by atoms with Crippen molar-refractivity contribution >= 4 is 5.78 Å². The van der Waals surface area contributed by atoms with Crippen molar-refractivity contribution in [1.29, 1.82) is 0 Å².